The standard InChI is InChI=1S/C23H21F3N4O5/c1-3-34-19-11-15(8-10-20-27-13-22(29(20)2)30(32)33)7-9-18(19)35-14-21(31)28-17-6-4-5-16(12-17)23(24,25)26/h4-13H,3,14H2,1-2H3,(H,28,31)/b10-8+. The lowest BCUT2D eigenvalue weighted by molar-refractivity contribution is -0.391. The highest BCUT2D eigenvalue weighted by Gasteiger charge is 2.30. The van der Waals surface area contributed by atoms with Crippen molar-refractivity contribution < 1.29 is 32.4 Å². The minimum atomic E-state index is -4.52. The van der Waals surface area contributed by atoms with E-state index >= 15 is 0 Å². The second kappa shape index (κ2) is 10.7. The number of carbonyl (C=O) groups excluding carboxylic acids is 1. The van der Waals surface area contributed by atoms with Crippen LogP contribution in [0.15, 0.2) is 48.7 Å². The number of ether oxygens (including phenoxy) is 2. The number of halogens is 3. The number of amides is 1. The summed E-state index contributed by atoms with van der Waals surface area (Å²) in [4.78, 5) is 26.6. The van der Waals surface area contributed by atoms with E-state index in [0.717, 1.165) is 18.3 Å². The van der Waals surface area contributed by atoms with Crippen LogP contribution in [0.2, 0.25) is 0 Å². The van der Waals surface area contributed by atoms with E-state index in [1.807, 2.05) is 0 Å². The predicted molar refractivity (Wildman–Crippen MR) is 122 cm³/mol. The lowest BCUT2D eigenvalue weighted by Gasteiger charge is -2.13. The molecule has 1 heterocycles. The third kappa shape index (κ3) is 6.59. The van der Waals surface area contributed by atoms with Crippen molar-refractivity contribution >= 4 is 29.6 Å². The number of hydrogen-bond donors (Lipinski definition) is 1. The predicted octanol–water partition coefficient (Wildman–Crippen LogP) is 4.93. The third-order valence-electron chi connectivity index (χ3n) is 4.71. The fourth-order valence-electron chi connectivity index (χ4n) is 3.04. The molecule has 0 atom stereocenters. The van der Waals surface area contributed by atoms with Gasteiger partial charge >= 0.3 is 12.0 Å². The van der Waals surface area contributed by atoms with Crippen molar-refractivity contribution in [3.63, 3.8) is 0 Å². The van der Waals surface area contributed by atoms with Gasteiger partial charge in [-0.1, -0.05) is 12.1 Å². The first-order valence-electron chi connectivity index (χ1n) is 10.3. The maximum absolute atomic E-state index is 12.8. The van der Waals surface area contributed by atoms with E-state index in [2.05, 4.69) is 10.3 Å². The molecule has 0 bridgehead atoms. The van der Waals surface area contributed by atoms with E-state index in [-0.39, 0.29) is 17.3 Å². The van der Waals surface area contributed by atoms with Crippen molar-refractivity contribution in [1.29, 1.82) is 0 Å². The van der Waals surface area contributed by atoms with E-state index in [1.165, 1.54) is 23.7 Å². The molecular formula is C23H21F3N4O5. The Morgan fingerprint density at radius 3 is 2.60 bits per heavy atom. The molecule has 12 heteroatoms. The van der Waals surface area contributed by atoms with Crippen LogP contribution in [-0.2, 0) is 18.0 Å². The van der Waals surface area contributed by atoms with Crippen LogP contribution in [0.25, 0.3) is 12.2 Å². The molecule has 0 unspecified atom stereocenters. The van der Waals surface area contributed by atoms with Crippen LogP contribution in [0, 0.1) is 10.1 Å². The second-order valence-corrected chi connectivity index (χ2v) is 7.18. The first-order chi connectivity index (χ1) is 16.6. The number of alkyl halides is 3. The van der Waals surface area contributed by atoms with Gasteiger partial charge in [0.25, 0.3) is 5.91 Å². The topological polar surface area (TPSA) is 109 Å². The van der Waals surface area contributed by atoms with Crippen LogP contribution >= 0.6 is 0 Å². The van der Waals surface area contributed by atoms with E-state index in [1.54, 1.807) is 37.3 Å². The lowest BCUT2D eigenvalue weighted by atomic mass is 10.2. The van der Waals surface area contributed by atoms with Crippen molar-refractivity contribution in [1.82, 2.24) is 9.55 Å². The molecule has 0 saturated heterocycles. The zero-order valence-electron chi connectivity index (χ0n) is 18.7. The number of nitrogens with one attached hydrogen (secondary N) is 1. The summed E-state index contributed by atoms with van der Waals surface area (Å²) >= 11 is 0. The van der Waals surface area contributed by atoms with Gasteiger partial charge in [-0.2, -0.15) is 13.2 Å². The molecule has 0 radical (unpaired) electrons. The minimum Gasteiger partial charge on any atom is -0.490 e. The number of rotatable bonds is 9. The number of aromatic nitrogens is 2. The number of carbonyl (C=O) groups is 1. The summed E-state index contributed by atoms with van der Waals surface area (Å²) < 4.78 is 50.9. The Kier molecular flexibility index (Phi) is 7.74. The zero-order valence-corrected chi connectivity index (χ0v) is 18.7. The largest absolute Gasteiger partial charge is 0.490 e. The van der Waals surface area contributed by atoms with E-state index in [0.29, 0.717) is 23.7 Å². The molecule has 1 aromatic heterocycles. The lowest BCUT2D eigenvalue weighted by Crippen LogP contribution is -2.20. The zero-order chi connectivity index (χ0) is 25.6. The van der Waals surface area contributed by atoms with Crippen molar-refractivity contribution in [2.24, 2.45) is 7.05 Å². The Morgan fingerprint density at radius 1 is 1.17 bits per heavy atom. The molecule has 0 saturated carbocycles. The first kappa shape index (κ1) is 25.3. The van der Waals surface area contributed by atoms with Gasteiger partial charge in [-0.25, -0.2) is 9.55 Å². The SMILES string of the molecule is CCOc1cc(/C=C/c2ncc([N+](=O)[O-])n2C)ccc1OCC(=O)Nc1cccc(C(F)(F)F)c1. The fourth-order valence-corrected chi connectivity index (χ4v) is 3.04. The molecule has 1 amide bonds. The van der Waals surface area contributed by atoms with Gasteiger partial charge in [0.1, 0.15) is 6.20 Å². The van der Waals surface area contributed by atoms with Gasteiger partial charge in [0.15, 0.2) is 18.1 Å². The molecule has 0 aliphatic carbocycles. The Hall–Kier alpha value is -4.35. The van der Waals surface area contributed by atoms with Gasteiger partial charge in [-0.05, 0) is 53.8 Å². The Balaban J connectivity index is 1.68. The van der Waals surface area contributed by atoms with Crippen molar-refractivity contribution in [3.8, 4) is 11.5 Å². The number of anilines is 1. The first-order valence-corrected chi connectivity index (χ1v) is 10.3. The smallest absolute Gasteiger partial charge is 0.416 e. The highest BCUT2D eigenvalue weighted by atomic mass is 19.4. The molecule has 2 aromatic carbocycles. The monoisotopic (exact) mass is 490 g/mol. The summed E-state index contributed by atoms with van der Waals surface area (Å²) in [5.74, 6) is 0.184. The maximum Gasteiger partial charge on any atom is 0.416 e. The van der Waals surface area contributed by atoms with Crippen LogP contribution in [0.4, 0.5) is 24.7 Å². The number of hydrogen-bond acceptors (Lipinski definition) is 6. The third-order valence-corrected chi connectivity index (χ3v) is 4.71. The molecule has 0 fully saturated rings. The molecular weight excluding hydrogens is 469 g/mol. The Morgan fingerprint density at radius 2 is 1.94 bits per heavy atom. The number of imidazole rings is 1. The van der Waals surface area contributed by atoms with Gasteiger partial charge in [0.05, 0.1) is 19.2 Å². The Labute approximate surface area is 198 Å². The van der Waals surface area contributed by atoms with Crippen molar-refractivity contribution in [2.75, 3.05) is 18.5 Å². The van der Waals surface area contributed by atoms with Crippen molar-refractivity contribution in [3.05, 3.63) is 75.7 Å². The normalized spacial score (nSPS) is 11.5. The Bertz CT molecular complexity index is 1250. The van der Waals surface area contributed by atoms with Crippen molar-refractivity contribution in [2.45, 2.75) is 13.1 Å². The average molecular weight is 490 g/mol. The van der Waals surface area contributed by atoms with Gasteiger partial charge < -0.3 is 24.9 Å². The molecule has 3 rings (SSSR count). The quantitative estimate of drug-likeness (QED) is 0.336. The summed E-state index contributed by atoms with van der Waals surface area (Å²) in [7, 11) is 1.53. The van der Waals surface area contributed by atoms with E-state index in [4.69, 9.17) is 9.47 Å². The second-order valence-electron chi connectivity index (χ2n) is 7.18. The highest BCUT2D eigenvalue weighted by molar-refractivity contribution is 5.92. The van der Waals surface area contributed by atoms with Gasteiger partial charge in [0, 0.05) is 11.8 Å². The summed E-state index contributed by atoms with van der Waals surface area (Å²) in [5.41, 5.74) is -0.202. The highest BCUT2D eigenvalue weighted by Crippen LogP contribution is 2.31. The summed E-state index contributed by atoms with van der Waals surface area (Å²) in [6, 6.07) is 9.18. The van der Waals surface area contributed by atoms with Gasteiger partial charge in [-0.15, -0.1) is 0 Å². The number of benzene rings is 2. The van der Waals surface area contributed by atoms with Crippen LogP contribution in [-0.4, -0.2) is 33.6 Å². The number of nitrogens with zero attached hydrogens (tertiary/aromatic N) is 3. The van der Waals surface area contributed by atoms with Gasteiger partial charge in [0.2, 0.25) is 5.82 Å². The minimum absolute atomic E-state index is 0.00605. The maximum atomic E-state index is 12.8. The van der Waals surface area contributed by atoms with Crippen LogP contribution in [0.5, 0.6) is 11.5 Å². The molecule has 3 aromatic rings. The van der Waals surface area contributed by atoms with Crippen LogP contribution < -0.4 is 14.8 Å². The fraction of sp³-hybridized carbons (Fsp3) is 0.217. The summed E-state index contributed by atoms with van der Waals surface area (Å²) in [5, 5.41) is 13.3. The van der Waals surface area contributed by atoms with Gasteiger partial charge in [-0.3, -0.25) is 4.79 Å². The molecule has 184 valence electrons. The van der Waals surface area contributed by atoms with Crippen LogP contribution in [0.1, 0.15) is 23.9 Å². The van der Waals surface area contributed by atoms with E-state index < -0.39 is 29.2 Å². The molecule has 35 heavy (non-hydrogen) atoms. The van der Waals surface area contributed by atoms with Crippen LogP contribution in [0.3, 0.4) is 0 Å². The molecule has 9 nitrogen and oxygen atoms in total. The molecule has 0 aliphatic heterocycles. The average Bonchev–Trinajstić information content (AvgIpc) is 3.17. The van der Waals surface area contributed by atoms with E-state index in [9.17, 15) is 28.1 Å². The molecule has 0 aliphatic rings. The molecule has 1 N–H and O–H groups in total. The number of nitro groups is 1. The summed E-state index contributed by atoms with van der Waals surface area (Å²) in [6.45, 7) is 1.62. The molecule has 0 spiro atoms. The summed E-state index contributed by atoms with van der Waals surface area (Å²) in [6.07, 6.45) is -0.0860.